The van der Waals surface area contributed by atoms with Gasteiger partial charge in [0.15, 0.2) is 0 Å². The summed E-state index contributed by atoms with van der Waals surface area (Å²) in [5.41, 5.74) is 2.47. The van der Waals surface area contributed by atoms with Crippen molar-refractivity contribution in [2.24, 2.45) is 17.8 Å². The quantitative estimate of drug-likeness (QED) is 0.746. The largest absolute Gasteiger partial charge is 0.339 e. The predicted octanol–water partition coefficient (Wildman–Crippen LogP) is 4.25. The Labute approximate surface area is 181 Å². The van der Waals surface area contributed by atoms with Crippen LogP contribution in [0, 0.1) is 24.7 Å². The molecule has 0 saturated carbocycles. The molecule has 0 aliphatic carbocycles. The second kappa shape index (κ2) is 11.0. The SMILES string of the molecule is Cc1cc(C(=O)N2CCC(C)CC2)ccc1NC(=O)CC(C)C1CCNCC1.Cl. The Kier molecular flexibility index (Phi) is 8.97. The van der Waals surface area contributed by atoms with E-state index in [1.165, 1.54) is 0 Å². The summed E-state index contributed by atoms with van der Waals surface area (Å²) in [4.78, 5) is 27.2. The van der Waals surface area contributed by atoms with Crippen molar-refractivity contribution in [1.82, 2.24) is 10.2 Å². The maximum absolute atomic E-state index is 12.7. The fourth-order valence-corrected chi connectivity index (χ4v) is 4.40. The Morgan fingerprint density at radius 2 is 1.83 bits per heavy atom. The molecule has 2 saturated heterocycles. The van der Waals surface area contributed by atoms with Crippen LogP contribution in [0.25, 0.3) is 0 Å². The van der Waals surface area contributed by atoms with E-state index in [4.69, 9.17) is 0 Å². The Morgan fingerprint density at radius 3 is 2.45 bits per heavy atom. The average Bonchev–Trinajstić information content (AvgIpc) is 2.70. The Morgan fingerprint density at radius 1 is 1.17 bits per heavy atom. The Bertz CT molecular complexity index is 695. The summed E-state index contributed by atoms with van der Waals surface area (Å²) in [6.45, 7) is 10.2. The van der Waals surface area contributed by atoms with E-state index >= 15 is 0 Å². The number of aryl methyl sites for hydroxylation is 1. The number of carbonyl (C=O) groups excluding carboxylic acids is 2. The van der Waals surface area contributed by atoms with Crippen LogP contribution in [-0.4, -0.2) is 42.9 Å². The second-order valence-electron chi connectivity index (χ2n) is 8.82. The number of piperidine rings is 2. The van der Waals surface area contributed by atoms with Gasteiger partial charge in [0, 0.05) is 30.8 Å². The van der Waals surface area contributed by atoms with Crippen molar-refractivity contribution in [3.05, 3.63) is 29.3 Å². The van der Waals surface area contributed by atoms with Crippen LogP contribution in [0.3, 0.4) is 0 Å². The van der Waals surface area contributed by atoms with Gasteiger partial charge in [-0.15, -0.1) is 12.4 Å². The Balaban J connectivity index is 0.00000300. The molecule has 1 aromatic rings. The summed E-state index contributed by atoms with van der Waals surface area (Å²) in [6.07, 6.45) is 5.01. The molecule has 2 aliphatic rings. The second-order valence-corrected chi connectivity index (χ2v) is 8.82. The first-order valence-corrected chi connectivity index (χ1v) is 10.8. The van der Waals surface area contributed by atoms with Gasteiger partial charge in [0.05, 0.1) is 0 Å². The normalized spacial score (nSPS) is 19.3. The van der Waals surface area contributed by atoms with Crippen LogP contribution >= 0.6 is 12.4 Å². The molecular formula is C23H36ClN3O2. The molecular weight excluding hydrogens is 386 g/mol. The molecule has 1 atom stereocenters. The number of hydrogen-bond donors (Lipinski definition) is 2. The number of hydrogen-bond acceptors (Lipinski definition) is 3. The van der Waals surface area contributed by atoms with E-state index in [-0.39, 0.29) is 24.2 Å². The summed E-state index contributed by atoms with van der Waals surface area (Å²) in [6, 6.07) is 5.63. The number of amides is 2. The monoisotopic (exact) mass is 421 g/mol. The standard InChI is InChI=1S/C23H35N3O2.ClH/c1-16-8-12-26(13-9-16)23(28)20-4-5-21(18(3)14-20)25-22(27)15-17(2)19-6-10-24-11-7-19;/h4-5,14,16-17,19,24H,6-13,15H2,1-3H3,(H,25,27);1H. The van der Waals surface area contributed by atoms with E-state index in [1.807, 2.05) is 30.0 Å². The van der Waals surface area contributed by atoms with Crippen molar-refractivity contribution < 1.29 is 9.59 Å². The van der Waals surface area contributed by atoms with Crippen molar-refractivity contribution in [2.45, 2.75) is 52.9 Å². The van der Waals surface area contributed by atoms with Gasteiger partial charge in [0.25, 0.3) is 5.91 Å². The van der Waals surface area contributed by atoms with Crippen LogP contribution in [0.1, 0.15) is 61.9 Å². The lowest BCUT2D eigenvalue weighted by Crippen LogP contribution is -2.37. The van der Waals surface area contributed by atoms with Gasteiger partial charge in [-0.3, -0.25) is 9.59 Å². The third-order valence-corrected chi connectivity index (χ3v) is 6.51. The van der Waals surface area contributed by atoms with E-state index in [0.717, 1.165) is 63.1 Å². The zero-order valence-corrected chi connectivity index (χ0v) is 18.8. The van der Waals surface area contributed by atoms with Gasteiger partial charge in [-0.2, -0.15) is 0 Å². The topological polar surface area (TPSA) is 61.4 Å². The fraction of sp³-hybridized carbons (Fsp3) is 0.652. The third kappa shape index (κ3) is 6.45. The number of carbonyl (C=O) groups is 2. The van der Waals surface area contributed by atoms with Gasteiger partial charge in [-0.1, -0.05) is 13.8 Å². The highest BCUT2D eigenvalue weighted by atomic mass is 35.5. The van der Waals surface area contributed by atoms with Crippen molar-refractivity contribution in [1.29, 1.82) is 0 Å². The highest BCUT2D eigenvalue weighted by Crippen LogP contribution is 2.26. The molecule has 6 heteroatoms. The van der Waals surface area contributed by atoms with Gasteiger partial charge in [0.1, 0.15) is 0 Å². The summed E-state index contributed by atoms with van der Waals surface area (Å²) >= 11 is 0. The lowest BCUT2D eigenvalue weighted by atomic mass is 9.84. The molecule has 2 heterocycles. The molecule has 1 unspecified atom stereocenters. The molecule has 5 nitrogen and oxygen atoms in total. The molecule has 2 aliphatic heterocycles. The number of likely N-dealkylation sites (tertiary alicyclic amines) is 1. The van der Waals surface area contributed by atoms with Gasteiger partial charge >= 0.3 is 0 Å². The summed E-state index contributed by atoms with van der Waals surface area (Å²) in [7, 11) is 0. The van der Waals surface area contributed by atoms with Gasteiger partial charge in [-0.05, 0) is 87.2 Å². The smallest absolute Gasteiger partial charge is 0.253 e. The lowest BCUT2D eigenvalue weighted by molar-refractivity contribution is -0.117. The van der Waals surface area contributed by atoms with Crippen molar-refractivity contribution in [3.8, 4) is 0 Å². The molecule has 0 bridgehead atoms. The molecule has 162 valence electrons. The predicted molar refractivity (Wildman–Crippen MR) is 121 cm³/mol. The molecule has 2 N–H and O–H groups in total. The molecule has 0 radical (unpaired) electrons. The first-order chi connectivity index (χ1) is 13.4. The zero-order valence-electron chi connectivity index (χ0n) is 18.0. The number of anilines is 1. The number of halogens is 1. The summed E-state index contributed by atoms with van der Waals surface area (Å²) < 4.78 is 0. The average molecular weight is 422 g/mol. The van der Waals surface area contributed by atoms with E-state index in [1.54, 1.807) is 0 Å². The van der Waals surface area contributed by atoms with Crippen LogP contribution in [0.15, 0.2) is 18.2 Å². The molecule has 3 rings (SSSR count). The minimum absolute atomic E-state index is 0. The number of nitrogens with zero attached hydrogens (tertiary/aromatic N) is 1. The van der Waals surface area contributed by atoms with Gasteiger partial charge in [0.2, 0.25) is 5.91 Å². The van der Waals surface area contributed by atoms with Crippen molar-refractivity contribution >= 4 is 29.9 Å². The third-order valence-electron chi connectivity index (χ3n) is 6.51. The minimum atomic E-state index is 0. The number of nitrogens with one attached hydrogen (secondary N) is 2. The van der Waals surface area contributed by atoms with Crippen LogP contribution in [-0.2, 0) is 4.79 Å². The number of benzene rings is 1. The first kappa shape index (κ1) is 23.7. The van der Waals surface area contributed by atoms with Gasteiger partial charge < -0.3 is 15.5 Å². The molecule has 29 heavy (non-hydrogen) atoms. The van der Waals surface area contributed by atoms with Gasteiger partial charge in [-0.25, -0.2) is 0 Å². The maximum atomic E-state index is 12.7. The summed E-state index contributed by atoms with van der Waals surface area (Å²) in [5.74, 6) is 1.89. The van der Waals surface area contributed by atoms with E-state index in [9.17, 15) is 9.59 Å². The van der Waals surface area contributed by atoms with E-state index in [2.05, 4.69) is 24.5 Å². The van der Waals surface area contributed by atoms with Crippen LogP contribution in [0.5, 0.6) is 0 Å². The van der Waals surface area contributed by atoms with Crippen LogP contribution in [0.2, 0.25) is 0 Å². The molecule has 2 fully saturated rings. The number of rotatable bonds is 5. The highest BCUT2D eigenvalue weighted by molar-refractivity contribution is 5.96. The molecule has 2 amide bonds. The molecule has 1 aromatic carbocycles. The Hall–Kier alpha value is -1.59. The minimum Gasteiger partial charge on any atom is -0.339 e. The maximum Gasteiger partial charge on any atom is 0.253 e. The lowest BCUT2D eigenvalue weighted by Gasteiger charge is -2.30. The molecule has 0 spiro atoms. The van der Waals surface area contributed by atoms with Crippen LogP contribution < -0.4 is 10.6 Å². The van der Waals surface area contributed by atoms with Crippen LogP contribution in [0.4, 0.5) is 5.69 Å². The van der Waals surface area contributed by atoms with Crippen molar-refractivity contribution in [3.63, 3.8) is 0 Å². The van der Waals surface area contributed by atoms with Crippen molar-refractivity contribution in [2.75, 3.05) is 31.5 Å². The molecule has 0 aromatic heterocycles. The zero-order chi connectivity index (χ0) is 20.1. The first-order valence-electron chi connectivity index (χ1n) is 10.8. The van der Waals surface area contributed by atoms with E-state index < -0.39 is 0 Å². The summed E-state index contributed by atoms with van der Waals surface area (Å²) in [5, 5.41) is 6.43. The fourth-order valence-electron chi connectivity index (χ4n) is 4.40. The highest BCUT2D eigenvalue weighted by Gasteiger charge is 2.23. The van der Waals surface area contributed by atoms with E-state index in [0.29, 0.717) is 29.7 Å².